The van der Waals surface area contributed by atoms with E-state index in [1.54, 1.807) is 29.6 Å². The molecule has 0 unspecified atom stereocenters. The highest BCUT2D eigenvalue weighted by Crippen LogP contribution is 2.38. The molecule has 42 heavy (non-hydrogen) atoms. The number of amides is 1. The van der Waals surface area contributed by atoms with Gasteiger partial charge in [0.05, 0.1) is 33.6 Å². The Morgan fingerprint density at radius 3 is 2.29 bits per heavy atom. The van der Waals surface area contributed by atoms with Gasteiger partial charge < -0.3 is 4.74 Å². The lowest BCUT2D eigenvalue weighted by atomic mass is 10.1. The van der Waals surface area contributed by atoms with Crippen LogP contribution in [-0.2, 0) is 11.8 Å². The van der Waals surface area contributed by atoms with Gasteiger partial charge in [0, 0.05) is 24.4 Å². The first-order valence-corrected chi connectivity index (χ1v) is 14.9. The lowest BCUT2D eigenvalue weighted by Gasteiger charge is -2.12. The van der Waals surface area contributed by atoms with E-state index in [0.29, 0.717) is 32.1 Å². The molecular formula is C31H24BrN5O3S2. The van der Waals surface area contributed by atoms with Crippen LogP contribution in [0.4, 0.5) is 5.69 Å². The number of thioether (sulfide) groups is 1. The van der Waals surface area contributed by atoms with E-state index < -0.39 is 0 Å². The predicted octanol–water partition coefficient (Wildman–Crippen LogP) is 6.51. The van der Waals surface area contributed by atoms with E-state index in [-0.39, 0.29) is 17.2 Å². The fraction of sp³-hybridized carbons (Fsp3) is 0.0968. The summed E-state index contributed by atoms with van der Waals surface area (Å²) < 4.78 is 11.5. The summed E-state index contributed by atoms with van der Waals surface area (Å²) in [4.78, 5) is 29.3. The number of hydrogen-bond donors (Lipinski definition) is 0. The molecule has 0 atom stereocenters. The molecule has 210 valence electrons. The molecule has 1 aliphatic heterocycles. The average Bonchev–Trinajstić information content (AvgIpc) is 3.61. The first-order valence-electron chi connectivity index (χ1n) is 12.9. The summed E-state index contributed by atoms with van der Waals surface area (Å²) in [5, 5.41) is 4.87. The van der Waals surface area contributed by atoms with Crippen molar-refractivity contribution in [2.45, 2.75) is 6.92 Å². The molecule has 0 radical (unpaired) electrons. The molecule has 1 amide bonds. The van der Waals surface area contributed by atoms with Crippen LogP contribution in [0.25, 0.3) is 28.7 Å². The van der Waals surface area contributed by atoms with Gasteiger partial charge in [0.15, 0.2) is 4.32 Å². The first-order chi connectivity index (χ1) is 20.3. The van der Waals surface area contributed by atoms with Crippen molar-refractivity contribution in [1.29, 1.82) is 0 Å². The molecule has 0 saturated carbocycles. The lowest BCUT2D eigenvalue weighted by Crippen LogP contribution is -2.33. The highest BCUT2D eigenvalue weighted by molar-refractivity contribution is 9.10. The second-order valence-electron chi connectivity index (χ2n) is 9.49. The van der Waals surface area contributed by atoms with Gasteiger partial charge in [0.1, 0.15) is 17.1 Å². The maximum Gasteiger partial charge on any atom is 0.296 e. The number of thiocarbonyl (C=S) groups is 1. The molecule has 3 heterocycles. The largest absolute Gasteiger partial charge is 0.496 e. The summed E-state index contributed by atoms with van der Waals surface area (Å²) >= 11 is 10.4. The highest BCUT2D eigenvalue weighted by Gasteiger charge is 2.38. The Morgan fingerprint density at radius 1 is 0.976 bits per heavy atom. The Balaban J connectivity index is 1.44. The molecule has 6 rings (SSSR count). The van der Waals surface area contributed by atoms with Crippen molar-refractivity contribution < 1.29 is 9.53 Å². The molecule has 3 aromatic carbocycles. The maximum atomic E-state index is 13.9. The zero-order valence-corrected chi connectivity index (χ0v) is 26.0. The number of aromatic nitrogens is 4. The molecule has 11 heteroatoms. The van der Waals surface area contributed by atoms with Gasteiger partial charge in [0.2, 0.25) is 0 Å². The zero-order chi connectivity index (χ0) is 29.5. The number of anilines is 1. The minimum Gasteiger partial charge on any atom is -0.496 e. The number of hydrogen-bond acceptors (Lipinski definition) is 6. The Hall–Kier alpha value is -4.19. The number of carbonyl (C=O) groups excluding carboxylic acids is 1. The van der Waals surface area contributed by atoms with Crippen LogP contribution in [0.3, 0.4) is 0 Å². The summed E-state index contributed by atoms with van der Waals surface area (Å²) in [6.45, 7) is 1.81. The molecular weight excluding hydrogens is 634 g/mol. The molecule has 1 aliphatic rings. The van der Waals surface area contributed by atoms with E-state index in [1.807, 2.05) is 92.0 Å². The third-order valence-electron chi connectivity index (χ3n) is 7.02. The van der Waals surface area contributed by atoms with Gasteiger partial charge in [-0.25, -0.2) is 9.36 Å². The van der Waals surface area contributed by atoms with Gasteiger partial charge in [-0.05, 0) is 71.4 Å². The van der Waals surface area contributed by atoms with Crippen molar-refractivity contribution in [3.63, 3.8) is 0 Å². The summed E-state index contributed by atoms with van der Waals surface area (Å²) in [5.74, 6) is 0.341. The van der Waals surface area contributed by atoms with Gasteiger partial charge in [0.25, 0.3) is 11.5 Å². The van der Waals surface area contributed by atoms with E-state index in [4.69, 9.17) is 22.1 Å². The Labute approximate surface area is 259 Å². The van der Waals surface area contributed by atoms with Crippen LogP contribution in [0, 0.1) is 6.92 Å². The number of benzene rings is 3. The number of halogens is 1. The van der Waals surface area contributed by atoms with Crippen LogP contribution in [-0.4, -0.2) is 36.5 Å². The van der Waals surface area contributed by atoms with Crippen molar-refractivity contribution in [1.82, 2.24) is 19.1 Å². The Morgan fingerprint density at radius 2 is 1.64 bits per heavy atom. The van der Waals surface area contributed by atoms with Crippen molar-refractivity contribution in [3.8, 4) is 28.4 Å². The molecule has 2 aromatic heterocycles. The predicted molar refractivity (Wildman–Crippen MR) is 175 cm³/mol. The van der Waals surface area contributed by atoms with Crippen LogP contribution in [0.2, 0.25) is 0 Å². The summed E-state index contributed by atoms with van der Waals surface area (Å²) in [7, 11) is 3.40. The van der Waals surface area contributed by atoms with Crippen molar-refractivity contribution in [3.05, 3.63) is 116 Å². The summed E-state index contributed by atoms with van der Waals surface area (Å²) in [6.07, 6.45) is 3.67. The Kier molecular flexibility index (Phi) is 7.48. The molecule has 1 saturated heterocycles. The quantitative estimate of drug-likeness (QED) is 0.153. The molecule has 0 spiro atoms. The SMILES string of the molecule is COc1ccc(-c2nn(-c3ccccc3)cc2/C=C2/SC(=S)N(c3c(C)n(C)n(-c4ccccc4)c3=O)C2=O)cc1Br. The number of methoxy groups -OCH3 is 1. The summed E-state index contributed by atoms with van der Waals surface area (Å²) in [5.41, 5.74) is 4.36. The van der Waals surface area contributed by atoms with Gasteiger partial charge >= 0.3 is 0 Å². The van der Waals surface area contributed by atoms with Crippen molar-refractivity contribution in [2.24, 2.45) is 7.05 Å². The fourth-order valence-corrected chi connectivity index (χ4v) is 6.66. The van der Waals surface area contributed by atoms with E-state index in [9.17, 15) is 9.59 Å². The minimum absolute atomic E-state index is 0.242. The topological polar surface area (TPSA) is 74.3 Å². The van der Waals surface area contributed by atoms with Crippen LogP contribution < -0.4 is 15.2 Å². The van der Waals surface area contributed by atoms with Crippen molar-refractivity contribution >= 4 is 61.9 Å². The monoisotopic (exact) mass is 657 g/mol. The van der Waals surface area contributed by atoms with E-state index in [2.05, 4.69) is 15.9 Å². The smallest absolute Gasteiger partial charge is 0.296 e. The number of nitrogens with zero attached hydrogens (tertiary/aromatic N) is 5. The fourth-order valence-electron chi connectivity index (χ4n) is 4.86. The van der Waals surface area contributed by atoms with Gasteiger partial charge in [-0.2, -0.15) is 5.10 Å². The molecule has 5 aromatic rings. The number of carbonyl (C=O) groups is 1. The second kappa shape index (κ2) is 11.2. The van der Waals surface area contributed by atoms with Crippen molar-refractivity contribution in [2.75, 3.05) is 12.0 Å². The second-order valence-corrected chi connectivity index (χ2v) is 12.0. The number of ether oxygens (including phenoxy) is 1. The van der Waals surface area contributed by atoms with E-state index >= 15 is 0 Å². The van der Waals surface area contributed by atoms with Crippen LogP contribution in [0.15, 0.2) is 99.2 Å². The standard InChI is InChI=1S/C31H24BrN5O3S2/c1-19-28(30(39)37(34(19)2)23-12-8-5-9-13-23)36-29(38)26(42-31(36)41)17-21-18-35(22-10-6-4-7-11-22)33-27(21)20-14-15-25(40-3)24(32)16-20/h4-18H,1-3H3/b26-17+. The molecule has 0 aliphatic carbocycles. The molecule has 1 fully saturated rings. The van der Waals surface area contributed by atoms with E-state index in [1.165, 1.54) is 9.58 Å². The van der Waals surface area contributed by atoms with Crippen LogP contribution >= 0.6 is 39.9 Å². The average molecular weight is 659 g/mol. The molecule has 0 bridgehead atoms. The van der Waals surface area contributed by atoms with Crippen LogP contribution in [0.5, 0.6) is 5.75 Å². The third kappa shape index (κ3) is 4.83. The molecule has 8 nitrogen and oxygen atoms in total. The minimum atomic E-state index is -0.356. The maximum absolute atomic E-state index is 13.9. The van der Waals surface area contributed by atoms with Crippen LogP contribution in [0.1, 0.15) is 11.3 Å². The first kappa shape index (κ1) is 28.0. The van der Waals surface area contributed by atoms with E-state index in [0.717, 1.165) is 33.0 Å². The number of para-hydroxylation sites is 2. The highest BCUT2D eigenvalue weighted by atomic mass is 79.9. The number of rotatable bonds is 6. The normalized spacial score (nSPS) is 14.3. The third-order valence-corrected chi connectivity index (χ3v) is 8.94. The summed E-state index contributed by atoms with van der Waals surface area (Å²) in [6, 6.07) is 24.8. The van der Waals surface area contributed by atoms with Gasteiger partial charge in [-0.3, -0.25) is 19.2 Å². The van der Waals surface area contributed by atoms with Gasteiger partial charge in [-0.1, -0.05) is 60.4 Å². The lowest BCUT2D eigenvalue weighted by molar-refractivity contribution is -0.113. The Bertz CT molecular complexity index is 1940. The zero-order valence-electron chi connectivity index (χ0n) is 22.8. The van der Waals surface area contributed by atoms with Gasteiger partial charge in [-0.15, -0.1) is 0 Å². The molecule has 0 N–H and O–H groups in total.